The number of rotatable bonds is 3. The van der Waals surface area contributed by atoms with Crippen LogP contribution in [0.3, 0.4) is 0 Å². The fraction of sp³-hybridized carbons (Fsp3) is 1.00. The zero-order chi connectivity index (χ0) is 12.4. The summed E-state index contributed by atoms with van der Waals surface area (Å²) in [7, 11) is -3.02. The normalized spacial score (nSPS) is 29.4. The highest BCUT2D eigenvalue weighted by Crippen LogP contribution is 2.39. The summed E-state index contributed by atoms with van der Waals surface area (Å²) in [6.45, 7) is 0.807. The Kier molecular flexibility index (Phi) is 4.39. The highest BCUT2D eigenvalue weighted by molar-refractivity contribution is 7.99. The van der Waals surface area contributed by atoms with E-state index in [1.54, 1.807) is 0 Å². The van der Waals surface area contributed by atoms with Crippen molar-refractivity contribution >= 4 is 21.6 Å². The molecular formula is C11H21NO3S2. The summed E-state index contributed by atoms with van der Waals surface area (Å²) < 4.78 is 30.0. The lowest BCUT2D eigenvalue weighted by atomic mass is 9.88. The molecule has 4 nitrogen and oxygen atoms in total. The summed E-state index contributed by atoms with van der Waals surface area (Å²) in [5, 5.41) is -0.233. The summed E-state index contributed by atoms with van der Waals surface area (Å²) in [6.07, 6.45) is 3.30. The van der Waals surface area contributed by atoms with E-state index in [0.29, 0.717) is 19.4 Å². The van der Waals surface area contributed by atoms with E-state index in [1.807, 2.05) is 11.8 Å². The minimum atomic E-state index is -3.02. The van der Waals surface area contributed by atoms with Gasteiger partial charge in [-0.3, -0.25) is 0 Å². The molecule has 2 rings (SSSR count). The molecule has 2 aliphatic rings. The minimum absolute atomic E-state index is 0.114. The second-order valence-corrected chi connectivity index (χ2v) is 8.54. The van der Waals surface area contributed by atoms with E-state index in [1.165, 1.54) is 0 Å². The number of sulfone groups is 1. The van der Waals surface area contributed by atoms with Crippen molar-refractivity contribution in [1.82, 2.24) is 0 Å². The molecule has 6 heteroatoms. The maximum atomic E-state index is 12.1. The Balaban J connectivity index is 2.06. The average molecular weight is 279 g/mol. The highest BCUT2D eigenvalue weighted by atomic mass is 32.2. The highest BCUT2D eigenvalue weighted by Gasteiger charge is 2.42. The van der Waals surface area contributed by atoms with Gasteiger partial charge < -0.3 is 10.5 Å². The van der Waals surface area contributed by atoms with E-state index in [-0.39, 0.29) is 23.1 Å². The lowest BCUT2D eigenvalue weighted by Crippen LogP contribution is -2.47. The smallest absolute Gasteiger partial charge is 0.154 e. The van der Waals surface area contributed by atoms with Gasteiger partial charge in [0.1, 0.15) is 0 Å². The largest absolute Gasteiger partial charge is 0.375 e. The minimum Gasteiger partial charge on any atom is -0.375 e. The van der Waals surface area contributed by atoms with Crippen molar-refractivity contribution in [2.45, 2.75) is 36.5 Å². The molecule has 0 radical (unpaired) electrons. The maximum Gasteiger partial charge on any atom is 0.154 e. The van der Waals surface area contributed by atoms with Crippen LogP contribution in [0.4, 0.5) is 0 Å². The topological polar surface area (TPSA) is 69.4 Å². The van der Waals surface area contributed by atoms with Crippen molar-refractivity contribution in [2.75, 3.05) is 30.4 Å². The zero-order valence-electron chi connectivity index (χ0n) is 10.1. The van der Waals surface area contributed by atoms with Crippen LogP contribution in [0.25, 0.3) is 0 Å². The molecule has 2 saturated heterocycles. The molecule has 1 atom stereocenters. The number of ether oxygens (including phenoxy) is 1. The second-order valence-electron chi connectivity index (χ2n) is 4.91. The van der Waals surface area contributed by atoms with Crippen molar-refractivity contribution in [3.63, 3.8) is 0 Å². The summed E-state index contributed by atoms with van der Waals surface area (Å²) in [6, 6.07) is 0. The van der Waals surface area contributed by atoms with Crippen LogP contribution in [0.5, 0.6) is 0 Å². The third-order valence-corrected chi connectivity index (χ3v) is 6.97. The molecule has 2 heterocycles. The van der Waals surface area contributed by atoms with Crippen LogP contribution in [-0.2, 0) is 14.6 Å². The first-order chi connectivity index (χ1) is 8.08. The predicted molar refractivity (Wildman–Crippen MR) is 71.1 cm³/mol. The van der Waals surface area contributed by atoms with Crippen molar-refractivity contribution in [2.24, 2.45) is 5.73 Å². The molecule has 100 valence electrons. The van der Waals surface area contributed by atoms with Crippen LogP contribution in [0.2, 0.25) is 0 Å². The third-order valence-electron chi connectivity index (χ3n) is 3.76. The van der Waals surface area contributed by atoms with E-state index in [9.17, 15) is 8.42 Å². The fourth-order valence-corrected chi connectivity index (χ4v) is 5.62. The maximum absolute atomic E-state index is 12.1. The van der Waals surface area contributed by atoms with Crippen LogP contribution in [0, 0.1) is 0 Å². The molecule has 0 bridgehead atoms. The lowest BCUT2D eigenvalue weighted by molar-refractivity contribution is -0.0813. The summed E-state index contributed by atoms with van der Waals surface area (Å²) in [5.74, 6) is 2.29. The molecule has 17 heavy (non-hydrogen) atoms. The number of nitrogens with two attached hydrogens (primary N) is 1. The third kappa shape index (κ3) is 3.16. The predicted octanol–water partition coefficient (Wildman–Crippen LogP) is 0.805. The molecule has 2 N–H and O–H groups in total. The van der Waals surface area contributed by atoms with Gasteiger partial charge >= 0.3 is 0 Å². The van der Waals surface area contributed by atoms with Crippen LogP contribution in [-0.4, -0.2) is 49.7 Å². The SMILES string of the molecule is NCCS(=O)(=O)C1CCOC2(CCSCC2)C1. The van der Waals surface area contributed by atoms with Crippen LogP contribution >= 0.6 is 11.8 Å². The fourth-order valence-electron chi connectivity index (χ4n) is 2.71. The second kappa shape index (κ2) is 5.47. The van der Waals surface area contributed by atoms with Gasteiger partial charge in [-0.2, -0.15) is 11.8 Å². The van der Waals surface area contributed by atoms with Crippen molar-refractivity contribution in [3.8, 4) is 0 Å². The molecule has 1 unspecified atom stereocenters. The van der Waals surface area contributed by atoms with Gasteiger partial charge in [-0.05, 0) is 37.2 Å². The average Bonchev–Trinajstić information content (AvgIpc) is 2.30. The Morgan fingerprint density at radius 3 is 2.71 bits per heavy atom. The van der Waals surface area contributed by atoms with E-state index in [4.69, 9.17) is 10.5 Å². The summed E-state index contributed by atoms with van der Waals surface area (Å²) in [5.41, 5.74) is 5.22. The molecule has 2 fully saturated rings. The van der Waals surface area contributed by atoms with Gasteiger partial charge in [0.05, 0.1) is 16.6 Å². The molecule has 0 saturated carbocycles. The number of hydrogen-bond acceptors (Lipinski definition) is 5. The monoisotopic (exact) mass is 279 g/mol. The van der Waals surface area contributed by atoms with E-state index in [0.717, 1.165) is 24.3 Å². The molecule has 0 aliphatic carbocycles. The Morgan fingerprint density at radius 1 is 1.35 bits per heavy atom. The first kappa shape index (κ1) is 13.6. The van der Waals surface area contributed by atoms with Gasteiger partial charge in [-0.25, -0.2) is 8.42 Å². The molecular weight excluding hydrogens is 258 g/mol. The first-order valence-electron chi connectivity index (χ1n) is 6.21. The van der Waals surface area contributed by atoms with Gasteiger partial charge in [-0.1, -0.05) is 0 Å². The van der Waals surface area contributed by atoms with Crippen molar-refractivity contribution in [1.29, 1.82) is 0 Å². The van der Waals surface area contributed by atoms with Crippen LogP contribution in [0.1, 0.15) is 25.7 Å². The van der Waals surface area contributed by atoms with Crippen LogP contribution in [0.15, 0.2) is 0 Å². The Bertz CT molecular complexity index is 344. The molecule has 0 aromatic carbocycles. The van der Waals surface area contributed by atoms with Crippen molar-refractivity contribution < 1.29 is 13.2 Å². The number of thioether (sulfide) groups is 1. The van der Waals surface area contributed by atoms with Gasteiger partial charge in [0, 0.05) is 13.2 Å². The molecule has 0 amide bonds. The molecule has 0 aromatic heterocycles. The Hall–Kier alpha value is 0.220. The first-order valence-corrected chi connectivity index (χ1v) is 9.08. The molecule has 1 spiro atoms. The summed E-state index contributed by atoms with van der Waals surface area (Å²) >= 11 is 1.93. The van der Waals surface area contributed by atoms with Gasteiger partial charge in [0.25, 0.3) is 0 Å². The quantitative estimate of drug-likeness (QED) is 0.828. The van der Waals surface area contributed by atoms with E-state index >= 15 is 0 Å². The Morgan fingerprint density at radius 2 is 2.06 bits per heavy atom. The van der Waals surface area contributed by atoms with Crippen LogP contribution < -0.4 is 5.73 Å². The standard InChI is InChI=1S/C11H21NO3S2/c12-4-8-17(13,14)10-1-5-15-11(9-10)2-6-16-7-3-11/h10H,1-9,12H2. The van der Waals surface area contributed by atoms with Crippen molar-refractivity contribution in [3.05, 3.63) is 0 Å². The van der Waals surface area contributed by atoms with Gasteiger partial charge in [0.15, 0.2) is 9.84 Å². The number of hydrogen-bond donors (Lipinski definition) is 1. The van der Waals surface area contributed by atoms with Gasteiger partial charge in [-0.15, -0.1) is 0 Å². The summed E-state index contributed by atoms with van der Waals surface area (Å²) in [4.78, 5) is 0. The van der Waals surface area contributed by atoms with E-state index in [2.05, 4.69) is 0 Å². The molecule has 2 aliphatic heterocycles. The lowest BCUT2D eigenvalue weighted by Gasteiger charge is -2.43. The zero-order valence-corrected chi connectivity index (χ0v) is 11.7. The van der Waals surface area contributed by atoms with Gasteiger partial charge in [0.2, 0.25) is 0 Å². The van der Waals surface area contributed by atoms with E-state index < -0.39 is 9.84 Å². The molecule has 0 aromatic rings. The Labute approximate surface area is 108 Å².